The Kier molecular flexibility index (Phi) is 6.72. The van der Waals surface area contributed by atoms with E-state index in [1.807, 2.05) is 12.1 Å². The van der Waals surface area contributed by atoms with Crippen LogP contribution in [0.3, 0.4) is 0 Å². The first-order chi connectivity index (χ1) is 13.5. The van der Waals surface area contributed by atoms with Crippen LogP contribution in [0.2, 0.25) is 0 Å². The van der Waals surface area contributed by atoms with E-state index in [2.05, 4.69) is 51.6 Å². The second kappa shape index (κ2) is 9.23. The van der Waals surface area contributed by atoms with E-state index in [0.29, 0.717) is 36.7 Å². The number of aromatic amines is 1. The van der Waals surface area contributed by atoms with Gasteiger partial charge in [0.15, 0.2) is 11.7 Å². The number of rotatable bonds is 9. The van der Waals surface area contributed by atoms with Gasteiger partial charge in [-0.05, 0) is 25.0 Å². The number of nitrogens with zero attached hydrogens (tertiary/aromatic N) is 3. The second-order valence-electron chi connectivity index (χ2n) is 7.80. The number of hydrogen-bond acceptors (Lipinski definition) is 5. The molecule has 1 aliphatic rings. The van der Waals surface area contributed by atoms with E-state index < -0.39 is 0 Å². The minimum Gasteiger partial charge on any atom is -0.461 e. The van der Waals surface area contributed by atoms with Gasteiger partial charge in [-0.15, -0.1) is 0 Å². The van der Waals surface area contributed by atoms with Gasteiger partial charge in [0.25, 0.3) is 0 Å². The van der Waals surface area contributed by atoms with Gasteiger partial charge >= 0.3 is 0 Å². The van der Waals surface area contributed by atoms with Gasteiger partial charge in [-0.1, -0.05) is 27.2 Å². The molecule has 0 amide bonds. The first kappa shape index (κ1) is 20.4. The third-order valence-electron chi connectivity index (χ3n) is 5.46. The van der Waals surface area contributed by atoms with E-state index in [1.54, 1.807) is 13.3 Å². The average molecular weight is 389 g/mol. The summed E-state index contributed by atoms with van der Waals surface area (Å²) < 4.78 is 11.3. The maximum atomic E-state index is 6.02. The van der Waals surface area contributed by atoms with Gasteiger partial charge in [0.2, 0.25) is 5.82 Å². The molecule has 0 radical (unpaired) electrons. The third kappa shape index (κ3) is 4.73. The van der Waals surface area contributed by atoms with Crippen molar-refractivity contribution in [2.24, 2.45) is 10.4 Å². The van der Waals surface area contributed by atoms with Crippen molar-refractivity contribution in [1.29, 1.82) is 0 Å². The molecule has 1 saturated carbocycles. The van der Waals surface area contributed by atoms with Gasteiger partial charge in [0.1, 0.15) is 5.82 Å². The van der Waals surface area contributed by atoms with Crippen molar-refractivity contribution in [1.82, 2.24) is 25.8 Å². The maximum absolute atomic E-state index is 6.02. The smallest absolute Gasteiger partial charge is 0.216 e. The molecule has 2 atom stereocenters. The minimum atomic E-state index is 0.0915. The molecule has 28 heavy (non-hydrogen) atoms. The molecule has 0 bridgehead atoms. The Morgan fingerprint density at radius 2 is 2.32 bits per heavy atom. The number of furan rings is 1. The summed E-state index contributed by atoms with van der Waals surface area (Å²) in [4.78, 5) is 8.80. The summed E-state index contributed by atoms with van der Waals surface area (Å²) in [6.07, 6.45) is 5.93. The molecule has 2 aromatic rings. The lowest BCUT2D eigenvalue weighted by Crippen LogP contribution is -2.63. The molecule has 8 nitrogen and oxygen atoms in total. The fourth-order valence-corrected chi connectivity index (χ4v) is 3.37. The molecular weight excluding hydrogens is 356 g/mol. The van der Waals surface area contributed by atoms with Crippen molar-refractivity contribution in [2.75, 3.05) is 20.2 Å². The Morgan fingerprint density at radius 3 is 3.00 bits per heavy atom. The zero-order valence-corrected chi connectivity index (χ0v) is 17.3. The fourth-order valence-electron chi connectivity index (χ4n) is 3.37. The van der Waals surface area contributed by atoms with E-state index in [4.69, 9.17) is 9.15 Å². The summed E-state index contributed by atoms with van der Waals surface area (Å²) in [5, 5.41) is 14.0. The predicted molar refractivity (Wildman–Crippen MR) is 109 cm³/mol. The van der Waals surface area contributed by atoms with Crippen molar-refractivity contribution in [3.63, 3.8) is 0 Å². The van der Waals surface area contributed by atoms with Gasteiger partial charge < -0.3 is 19.8 Å². The molecule has 0 saturated heterocycles. The van der Waals surface area contributed by atoms with Crippen molar-refractivity contribution in [3.8, 4) is 11.6 Å². The van der Waals surface area contributed by atoms with Crippen molar-refractivity contribution >= 4 is 5.96 Å². The van der Waals surface area contributed by atoms with Crippen LogP contribution in [-0.2, 0) is 11.2 Å². The molecule has 2 unspecified atom stereocenters. The highest BCUT2D eigenvalue weighted by Crippen LogP contribution is 2.42. The van der Waals surface area contributed by atoms with Crippen LogP contribution in [-0.4, -0.2) is 53.5 Å². The monoisotopic (exact) mass is 388 g/mol. The molecule has 2 aromatic heterocycles. The van der Waals surface area contributed by atoms with Gasteiger partial charge in [0, 0.05) is 38.1 Å². The molecule has 1 aliphatic carbocycles. The Bertz CT molecular complexity index is 753. The number of nitrogens with one attached hydrogen (secondary N) is 3. The third-order valence-corrected chi connectivity index (χ3v) is 5.46. The summed E-state index contributed by atoms with van der Waals surface area (Å²) in [6.45, 7) is 8.24. The standard InChI is InChI=1S/C20H32N6O2/c1-5-6-11-28-16-13-15(20(16,2)3)23-19(21-4)22-10-9-17-24-18(26-25-17)14-8-7-12-27-14/h7-8,12,15-16H,5-6,9-11,13H2,1-4H3,(H2,21,22,23)(H,24,25,26). The summed E-state index contributed by atoms with van der Waals surface area (Å²) in [5.41, 5.74) is 0.0915. The molecule has 8 heteroatoms. The average Bonchev–Trinajstić information content (AvgIpc) is 3.37. The number of aromatic nitrogens is 3. The fraction of sp³-hybridized carbons (Fsp3) is 0.650. The van der Waals surface area contributed by atoms with Crippen LogP contribution in [0.25, 0.3) is 11.6 Å². The van der Waals surface area contributed by atoms with E-state index in [9.17, 15) is 0 Å². The zero-order chi connectivity index (χ0) is 20.0. The topological polar surface area (TPSA) is 100 Å². The molecule has 0 spiro atoms. The van der Waals surface area contributed by atoms with E-state index in [1.165, 1.54) is 6.42 Å². The lowest BCUT2D eigenvalue weighted by Gasteiger charge is -2.52. The lowest BCUT2D eigenvalue weighted by molar-refractivity contribution is -0.113. The summed E-state index contributed by atoms with van der Waals surface area (Å²) in [6, 6.07) is 4.02. The Morgan fingerprint density at radius 1 is 1.46 bits per heavy atom. The SMILES string of the molecule is CCCCOC1CC(NC(=NC)NCCc2nc(-c3ccco3)n[nH]2)C1(C)C. The van der Waals surface area contributed by atoms with Crippen LogP contribution in [0, 0.1) is 5.41 Å². The first-order valence-electron chi connectivity index (χ1n) is 10.1. The zero-order valence-electron chi connectivity index (χ0n) is 17.3. The van der Waals surface area contributed by atoms with Gasteiger partial charge in [-0.25, -0.2) is 4.98 Å². The minimum absolute atomic E-state index is 0.0915. The Balaban J connectivity index is 1.42. The van der Waals surface area contributed by atoms with Crippen molar-refractivity contribution in [2.45, 2.75) is 58.6 Å². The van der Waals surface area contributed by atoms with Crippen molar-refractivity contribution in [3.05, 3.63) is 24.2 Å². The van der Waals surface area contributed by atoms with E-state index >= 15 is 0 Å². The van der Waals surface area contributed by atoms with Crippen LogP contribution < -0.4 is 10.6 Å². The van der Waals surface area contributed by atoms with Crippen LogP contribution in [0.5, 0.6) is 0 Å². The van der Waals surface area contributed by atoms with Crippen LogP contribution in [0.1, 0.15) is 45.9 Å². The lowest BCUT2D eigenvalue weighted by atomic mass is 9.64. The van der Waals surface area contributed by atoms with Crippen LogP contribution in [0.4, 0.5) is 0 Å². The Hall–Kier alpha value is -2.35. The molecule has 3 N–H and O–H groups in total. The molecule has 3 rings (SSSR count). The number of aliphatic imine (C=N–C) groups is 1. The number of hydrogen-bond donors (Lipinski definition) is 3. The van der Waals surface area contributed by atoms with E-state index in [0.717, 1.165) is 31.2 Å². The van der Waals surface area contributed by atoms with Crippen LogP contribution >= 0.6 is 0 Å². The van der Waals surface area contributed by atoms with Gasteiger partial charge in [0.05, 0.1) is 12.4 Å². The Labute approximate surface area is 166 Å². The highest BCUT2D eigenvalue weighted by molar-refractivity contribution is 5.80. The molecule has 154 valence electrons. The molecule has 1 fully saturated rings. The number of unbranched alkanes of at least 4 members (excludes halogenated alkanes) is 1. The molecule has 0 aliphatic heterocycles. The van der Waals surface area contributed by atoms with Crippen molar-refractivity contribution < 1.29 is 9.15 Å². The molecule has 0 aromatic carbocycles. The maximum Gasteiger partial charge on any atom is 0.216 e. The largest absolute Gasteiger partial charge is 0.461 e. The molecule has 2 heterocycles. The van der Waals surface area contributed by atoms with E-state index in [-0.39, 0.29) is 5.41 Å². The predicted octanol–water partition coefficient (Wildman–Crippen LogP) is 2.76. The molecular formula is C20H32N6O2. The summed E-state index contributed by atoms with van der Waals surface area (Å²) >= 11 is 0. The quantitative estimate of drug-likeness (QED) is 0.347. The highest BCUT2D eigenvalue weighted by atomic mass is 16.5. The normalized spacial score (nSPS) is 21.4. The number of ether oxygens (including phenoxy) is 1. The number of guanidine groups is 1. The van der Waals surface area contributed by atoms with Gasteiger partial charge in [-0.2, -0.15) is 5.10 Å². The summed E-state index contributed by atoms with van der Waals surface area (Å²) in [5.74, 6) is 2.85. The second-order valence-corrected chi connectivity index (χ2v) is 7.80. The highest BCUT2D eigenvalue weighted by Gasteiger charge is 2.49. The number of H-pyrrole nitrogens is 1. The summed E-state index contributed by atoms with van der Waals surface area (Å²) in [7, 11) is 1.79. The van der Waals surface area contributed by atoms with Crippen LogP contribution in [0.15, 0.2) is 27.8 Å². The first-order valence-corrected chi connectivity index (χ1v) is 10.1. The van der Waals surface area contributed by atoms with Gasteiger partial charge in [-0.3, -0.25) is 10.1 Å².